The zero-order valence-corrected chi connectivity index (χ0v) is 34.9. The fourth-order valence-corrected chi connectivity index (χ4v) is 10.8. The molecule has 0 radical (unpaired) electrons. The average Bonchev–Trinajstić information content (AvgIpc) is 3.99. The van der Waals surface area contributed by atoms with E-state index in [0.29, 0.717) is 0 Å². The Bertz CT molecular complexity index is 3580. The summed E-state index contributed by atoms with van der Waals surface area (Å²) in [6, 6.07) is 88.3. The lowest BCUT2D eigenvalue weighted by molar-refractivity contribution is 0.669. The average molecular weight is 817 g/mol. The van der Waals surface area contributed by atoms with E-state index in [1.807, 2.05) is 12.1 Å². The molecule has 10 aromatic carbocycles. The molecular weight excluding hydrogens is 777 g/mol. The van der Waals surface area contributed by atoms with Crippen LogP contribution in [0.25, 0.3) is 55.3 Å². The number of benzene rings is 10. The maximum atomic E-state index is 6.31. The Morgan fingerprint density at radius 2 is 0.828 bits per heavy atom. The second-order valence-electron chi connectivity index (χ2n) is 16.8. The van der Waals surface area contributed by atoms with Crippen LogP contribution in [0.3, 0.4) is 0 Å². The summed E-state index contributed by atoms with van der Waals surface area (Å²) in [6.07, 6.45) is 0. The Kier molecular flexibility index (Phi) is 8.13. The molecule has 300 valence electrons. The fourth-order valence-electron chi connectivity index (χ4n) is 10.8. The Hall–Kier alpha value is -8.40. The minimum Gasteiger partial charge on any atom is -0.456 e. The van der Waals surface area contributed by atoms with Gasteiger partial charge in [-0.3, -0.25) is 0 Å². The van der Waals surface area contributed by atoms with Crippen molar-refractivity contribution in [2.45, 2.75) is 5.41 Å². The standard InChI is InChI=1S/C61H40N2O/c1-4-18-41(19-5-1)42-20-16-25-45(38-42)63(44-23-8-3-9-24-44)57-32-17-31-55-60(57)51-28-11-14-30-54(51)61(55)53-29-13-10-26-48(53)49-36-34-47(40-56(49)61)62(43-21-6-2-7-22-43)46-35-37-59-52(39-46)50-27-12-15-33-58(50)64-59/h1-40H. The van der Waals surface area contributed by atoms with E-state index < -0.39 is 5.41 Å². The molecule has 1 spiro atoms. The molecule has 3 heteroatoms. The topological polar surface area (TPSA) is 19.6 Å². The number of fused-ring (bicyclic) bond motifs is 13. The summed E-state index contributed by atoms with van der Waals surface area (Å²) in [7, 11) is 0. The summed E-state index contributed by atoms with van der Waals surface area (Å²) >= 11 is 0. The quantitative estimate of drug-likeness (QED) is 0.160. The smallest absolute Gasteiger partial charge is 0.135 e. The molecule has 2 aliphatic rings. The van der Waals surface area contributed by atoms with E-state index in [0.717, 1.165) is 56.1 Å². The highest BCUT2D eigenvalue weighted by atomic mass is 16.3. The van der Waals surface area contributed by atoms with Gasteiger partial charge in [-0.25, -0.2) is 0 Å². The van der Waals surface area contributed by atoms with Crippen LogP contribution in [0.15, 0.2) is 247 Å². The van der Waals surface area contributed by atoms with E-state index in [2.05, 4.69) is 240 Å². The van der Waals surface area contributed by atoms with Crippen LogP contribution >= 0.6 is 0 Å². The summed E-state index contributed by atoms with van der Waals surface area (Å²) in [5, 5.41) is 2.21. The molecule has 0 fully saturated rings. The molecule has 0 N–H and O–H groups in total. The first kappa shape index (κ1) is 36.3. The van der Waals surface area contributed by atoms with Crippen molar-refractivity contribution in [3.05, 3.63) is 265 Å². The van der Waals surface area contributed by atoms with Crippen molar-refractivity contribution in [1.29, 1.82) is 0 Å². The Morgan fingerprint density at radius 1 is 0.297 bits per heavy atom. The van der Waals surface area contributed by atoms with Crippen molar-refractivity contribution in [3.8, 4) is 33.4 Å². The first-order valence-electron chi connectivity index (χ1n) is 22.0. The summed E-state index contributed by atoms with van der Waals surface area (Å²) in [6.45, 7) is 0. The molecule has 1 unspecified atom stereocenters. The van der Waals surface area contributed by atoms with Gasteiger partial charge in [0, 0.05) is 44.8 Å². The van der Waals surface area contributed by atoms with Gasteiger partial charge in [-0.2, -0.15) is 0 Å². The molecule has 1 heterocycles. The van der Waals surface area contributed by atoms with E-state index in [-0.39, 0.29) is 0 Å². The Balaban J connectivity index is 1.06. The van der Waals surface area contributed by atoms with Gasteiger partial charge in [-0.05, 0) is 129 Å². The van der Waals surface area contributed by atoms with E-state index in [1.54, 1.807) is 0 Å². The van der Waals surface area contributed by atoms with Gasteiger partial charge in [0.1, 0.15) is 11.2 Å². The molecule has 1 atom stereocenters. The Morgan fingerprint density at radius 3 is 1.62 bits per heavy atom. The number of nitrogens with zero attached hydrogens (tertiary/aromatic N) is 2. The van der Waals surface area contributed by atoms with Gasteiger partial charge in [-0.15, -0.1) is 0 Å². The number of anilines is 6. The van der Waals surface area contributed by atoms with Gasteiger partial charge >= 0.3 is 0 Å². The van der Waals surface area contributed by atoms with E-state index in [9.17, 15) is 0 Å². The van der Waals surface area contributed by atoms with Gasteiger partial charge in [-0.1, -0.05) is 164 Å². The third-order valence-corrected chi connectivity index (χ3v) is 13.4. The van der Waals surface area contributed by atoms with Gasteiger partial charge < -0.3 is 14.2 Å². The zero-order valence-electron chi connectivity index (χ0n) is 34.9. The van der Waals surface area contributed by atoms with Crippen LogP contribution in [0.2, 0.25) is 0 Å². The van der Waals surface area contributed by atoms with Crippen LogP contribution in [0, 0.1) is 0 Å². The molecule has 64 heavy (non-hydrogen) atoms. The summed E-state index contributed by atoms with van der Waals surface area (Å²) in [5.74, 6) is 0. The largest absolute Gasteiger partial charge is 0.456 e. The number of rotatable bonds is 7. The second-order valence-corrected chi connectivity index (χ2v) is 16.8. The van der Waals surface area contributed by atoms with Gasteiger partial charge in [0.05, 0.1) is 11.1 Å². The number of para-hydroxylation sites is 3. The van der Waals surface area contributed by atoms with Crippen LogP contribution in [0.4, 0.5) is 34.1 Å². The third-order valence-electron chi connectivity index (χ3n) is 13.4. The van der Waals surface area contributed by atoms with Gasteiger partial charge in [0.15, 0.2) is 0 Å². The van der Waals surface area contributed by atoms with Crippen molar-refractivity contribution < 1.29 is 4.42 Å². The molecule has 2 aliphatic carbocycles. The Labute approximate surface area is 372 Å². The van der Waals surface area contributed by atoms with E-state index in [1.165, 1.54) is 55.6 Å². The van der Waals surface area contributed by atoms with Crippen LogP contribution in [0.5, 0.6) is 0 Å². The van der Waals surface area contributed by atoms with Gasteiger partial charge in [0.25, 0.3) is 0 Å². The van der Waals surface area contributed by atoms with E-state index >= 15 is 0 Å². The highest BCUT2D eigenvalue weighted by Gasteiger charge is 2.52. The molecule has 13 rings (SSSR count). The highest BCUT2D eigenvalue weighted by molar-refractivity contribution is 6.07. The molecule has 0 bridgehead atoms. The lowest BCUT2D eigenvalue weighted by Gasteiger charge is -2.33. The predicted molar refractivity (Wildman–Crippen MR) is 265 cm³/mol. The monoisotopic (exact) mass is 816 g/mol. The minimum atomic E-state index is -0.578. The molecular formula is C61H40N2O. The summed E-state index contributed by atoms with van der Waals surface area (Å²) < 4.78 is 6.31. The molecule has 0 saturated carbocycles. The molecule has 3 nitrogen and oxygen atoms in total. The van der Waals surface area contributed by atoms with Crippen molar-refractivity contribution in [2.75, 3.05) is 9.80 Å². The van der Waals surface area contributed by atoms with Crippen LogP contribution < -0.4 is 9.80 Å². The molecule has 0 saturated heterocycles. The van der Waals surface area contributed by atoms with Crippen molar-refractivity contribution in [1.82, 2.24) is 0 Å². The first-order chi connectivity index (χ1) is 31.8. The first-order valence-corrected chi connectivity index (χ1v) is 22.0. The number of hydrogen-bond donors (Lipinski definition) is 0. The van der Waals surface area contributed by atoms with Crippen LogP contribution in [-0.2, 0) is 5.41 Å². The van der Waals surface area contributed by atoms with Crippen molar-refractivity contribution in [3.63, 3.8) is 0 Å². The van der Waals surface area contributed by atoms with Crippen molar-refractivity contribution >= 4 is 56.1 Å². The number of furan rings is 1. The highest BCUT2D eigenvalue weighted by Crippen LogP contribution is 2.65. The van der Waals surface area contributed by atoms with Crippen molar-refractivity contribution in [2.24, 2.45) is 0 Å². The lowest BCUT2D eigenvalue weighted by atomic mass is 9.70. The third kappa shape index (κ3) is 5.34. The number of hydrogen-bond acceptors (Lipinski definition) is 3. The van der Waals surface area contributed by atoms with E-state index in [4.69, 9.17) is 4.42 Å². The predicted octanol–water partition coefficient (Wildman–Crippen LogP) is 16.5. The fraction of sp³-hybridized carbons (Fsp3) is 0.0164. The maximum Gasteiger partial charge on any atom is 0.135 e. The molecule has 11 aromatic rings. The van der Waals surface area contributed by atoms with Crippen LogP contribution in [-0.4, -0.2) is 0 Å². The molecule has 0 amide bonds. The second kappa shape index (κ2) is 14.3. The lowest BCUT2D eigenvalue weighted by Crippen LogP contribution is -2.26. The SMILES string of the molecule is c1ccc(-c2cccc(N(c3ccccc3)c3cccc4c3-c3ccccc3C43c4ccccc4-c4ccc(N(c5ccccc5)c5ccc6oc7ccccc7c6c5)cc43)c2)cc1. The maximum absolute atomic E-state index is 6.31. The summed E-state index contributed by atoms with van der Waals surface area (Å²) in [4.78, 5) is 4.85. The van der Waals surface area contributed by atoms with Crippen LogP contribution in [0.1, 0.15) is 22.3 Å². The summed E-state index contributed by atoms with van der Waals surface area (Å²) in [5.41, 5.74) is 20.4. The molecule has 1 aromatic heterocycles. The zero-order chi connectivity index (χ0) is 42.2. The van der Waals surface area contributed by atoms with Gasteiger partial charge in [0.2, 0.25) is 0 Å². The minimum absolute atomic E-state index is 0.578. The normalized spacial score (nSPS) is 14.3. The molecule has 0 aliphatic heterocycles.